The molecule has 7 rings (SSSR count). The molecule has 16 heteroatoms. The standard InChI is InChI=1S/C32H29ClFN7O5S2/c1-46-30(44)25-23(36-27(28-35-8-11-47-28)38-26(25)21-7-6-19(34)12-22(21)33)15-39-9-10-40-20(13-39)14-41(32(40)45)31-37-24(16-48-31)17-2-4-18(5-3-17)29(42)43/h2-8,11-12,16,20,26,29,42-43H,9-10,13-15H2,1H3,(H,36,38)/t20-,26-/m0/s1. The molecule has 3 N–H and O–H groups in total. The number of nitrogens with zero attached hydrogens (tertiary/aromatic N) is 6. The Morgan fingerprint density at radius 2 is 1.98 bits per heavy atom. The van der Waals surface area contributed by atoms with Crippen LogP contribution in [-0.2, 0) is 9.53 Å². The van der Waals surface area contributed by atoms with Crippen molar-refractivity contribution in [3.8, 4) is 11.3 Å². The summed E-state index contributed by atoms with van der Waals surface area (Å²) >= 11 is 9.24. The number of aliphatic imine (C=N–C) groups is 1. The number of halogens is 2. The number of nitrogens with one attached hydrogen (secondary N) is 1. The molecule has 0 spiro atoms. The lowest BCUT2D eigenvalue weighted by atomic mass is 9.95. The molecule has 2 saturated heterocycles. The highest BCUT2D eigenvalue weighted by Crippen LogP contribution is 2.38. The SMILES string of the molecule is COC(=O)C1=C(CN2CCN3C(=O)N(c4nc(-c5ccc(C(O)O)cc5)cs4)C[C@@H]3C2)NC(c2nccs2)=N[C@H]1c1ccc(F)cc1Cl. The fraction of sp³-hybridized carbons (Fsp3) is 0.281. The number of rotatable bonds is 8. The third-order valence-electron chi connectivity index (χ3n) is 8.47. The molecule has 3 aliphatic heterocycles. The van der Waals surface area contributed by atoms with Crippen LogP contribution in [0.15, 0.2) is 75.7 Å². The minimum absolute atomic E-state index is 0.117. The molecule has 3 aliphatic rings. The van der Waals surface area contributed by atoms with Crippen molar-refractivity contribution < 1.29 is 28.9 Å². The highest BCUT2D eigenvalue weighted by molar-refractivity contribution is 7.14. The van der Waals surface area contributed by atoms with E-state index in [0.717, 1.165) is 5.56 Å². The number of fused-ring (bicyclic) bond motifs is 1. The van der Waals surface area contributed by atoms with Crippen molar-refractivity contribution in [2.75, 3.05) is 44.7 Å². The van der Waals surface area contributed by atoms with E-state index < -0.39 is 24.1 Å². The Hall–Kier alpha value is -4.25. The minimum atomic E-state index is -1.55. The Morgan fingerprint density at radius 1 is 1.17 bits per heavy atom. The quantitative estimate of drug-likeness (QED) is 0.181. The number of thiazole rings is 2. The van der Waals surface area contributed by atoms with Gasteiger partial charge in [0.2, 0.25) is 0 Å². The smallest absolute Gasteiger partial charge is 0.338 e. The maximum absolute atomic E-state index is 14.0. The number of benzene rings is 2. The lowest BCUT2D eigenvalue weighted by Crippen LogP contribution is -2.53. The number of piperazine rings is 1. The fourth-order valence-electron chi connectivity index (χ4n) is 6.11. The second-order valence-corrected chi connectivity index (χ2v) is 13.5. The lowest BCUT2D eigenvalue weighted by molar-refractivity contribution is -0.136. The number of esters is 1. The Morgan fingerprint density at radius 3 is 2.69 bits per heavy atom. The summed E-state index contributed by atoms with van der Waals surface area (Å²) in [6.07, 6.45) is 0.110. The number of methoxy groups -OCH3 is 1. The number of hydrogen-bond acceptors (Lipinski definition) is 12. The summed E-state index contributed by atoms with van der Waals surface area (Å²) < 4.78 is 19.2. The Labute approximate surface area is 287 Å². The number of carbonyl (C=O) groups excluding carboxylic acids is 2. The van der Waals surface area contributed by atoms with E-state index in [-0.39, 0.29) is 22.7 Å². The number of aliphatic hydroxyl groups excluding tert-OH is 1. The van der Waals surface area contributed by atoms with Gasteiger partial charge in [-0.1, -0.05) is 41.9 Å². The highest BCUT2D eigenvalue weighted by atomic mass is 35.5. The molecule has 0 saturated carbocycles. The monoisotopic (exact) mass is 709 g/mol. The summed E-state index contributed by atoms with van der Waals surface area (Å²) in [7, 11) is 1.30. The van der Waals surface area contributed by atoms with Gasteiger partial charge in [0, 0.05) is 70.5 Å². The largest absolute Gasteiger partial charge is 0.466 e. The summed E-state index contributed by atoms with van der Waals surface area (Å²) in [5, 5.41) is 27.1. The van der Waals surface area contributed by atoms with Crippen molar-refractivity contribution >= 4 is 57.2 Å². The van der Waals surface area contributed by atoms with E-state index >= 15 is 0 Å². The van der Waals surface area contributed by atoms with Gasteiger partial charge in [-0.05, 0) is 12.1 Å². The van der Waals surface area contributed by atoms with Crippen LogP contribution in [0.1, 0.15) is 28.5 Å². The summed E-state index contributed by atoms with van der Waals surface area (Å²) in [4.78, 5) is 46.5. The maximum Gasteiger partial charge on any atom is 0.338 e. The van der Waals surface area contributed by atoms with Crippen LogP contribution in [0.25, 0.3) is 11.3 Å². The van der Waals surface area contributed by atoms with E-state index in [9.17, 15) is 24.2 Å². The third-order valence-corrected chi connectivity index (χ3v) is 10.4. The van der Waals surface area contributed by atoms with Gasteiger partial charge in [-0.25, -0.2) is 23.9 Å². The van der Waals surface area contributed by atoms with Crippen molar-refractivity contribution in [3.63, 3.8) is 0 Å². The van der Waals surface area contributed by atoms with E-state index in [1.807, 2.05) is 15.7 Å². The van der Waals surface area contributed by atoms with Crippen molar-refractivity contribution in [2.24, 2.45) is 4.99 Å². The van der Waals surface area contributed by atoms with Crippen molar-refractivity contribution in [3.05, 3.63) is 97.7 Å². The van der Waals surface area contributed by atoms with Crippen LogP contribution in [0.2, 0.25) is 5.02 Å². The molecule has 4 aromatic rings. The van der Waals surface area contributed by atoms with Crippen molar-refractivity contribution in [1.29, 1.82) is 0 Å². The van der Waals surface area contributed by atoms with Gasteiger partial charge in [0.25, 0.3) is 0 Å². The number of amides is 2. The molecule has 2 atom stereocenters. The fourth-order valence-corrected chi connectivity index (χ4v) is 7.81. The minimum Gasteiger partial charge on any atom is -0.466 e. The third kappa shape index (κ3) is 6.20. The van der Waals surface area contributed by atoms with Crippen LogP contribution in [0.3, 0.4) is 0 Å². The van der Waals surface area contributed by atoms with Gasteiger partial charge >= 0.3 is 12.0 Å². The second-order valence-electron chi connectivity index (χ2n) is 11.4. The first-order valence-electron chi connectivity index (χ1n) is 14.9. The average molecular weight is 710 g/mol. The van der Waals surface area contributed by atoms with E-state index in [1.165, 1.54) is 48.0 Å². The Bertz CT molecular complexity index is 1920. The van der Waals surface area contributed by atoms with Crippen molar-refractivity contribution in [1.82, 2.24) is 25.1 Å². The number of aromatic nitrogens is 2. The topological polar surface area (TPSA) is 144 Å². The Balaban J connectivity index is 1.13. The number of carbonyl (C=O) groups is 2. The molecule has 2 fully saturated rings. The van der Waals surface area contributed by atoms with Crippen LogP contribution in [0.5, 0.6) is 0 Å². The first-order valence-corrected chi connectivity index (χ1v) is 17.1. The molecule has 0 bridgehead atoms. The summed E-state index contributed by atoms with van der Waals surface area (Å²) in [5.41, 5.74) is 3.14. The zero-order valence-electron chi connectivity index (χ0n) is 25.4. The first-order chi connectivity index (χ1) is 23.2. The number of hydrogen-bond donors (Lipinski definition) is 3. The van der Waals surface area contributed by atoms with E-state index in [0.29, 0.717) is 71.2 Å². The first kappa shape index (κ1) is 32.3. The Kier molecular flexibility index (Phi) is 8.98. The molecule has 5 heterocycles. The van der Waals surface area contributed by atoms with Gasteiger partial charge in [-0.3, -0.25) is 14.8 Å². The highest BCUT2D eigenvalue weighted by Gasteiger charge is 2.43. The van der Waals surface area contributed by atoms with Crippen LogP contribution < -0.4 is 10.2 Å². The van der Waals surface area contributed by atoms with Gasteiger partial charge in [0.1, 0.15) is 11.9 Å². The van der Waals surface area contributed by atoms with Crippen molar-refractivity contribution in [2.45, 2.75) is 18.4 Å². The molecule has 0 unspecified atom stereocenters. The van der Waals surface area contributed by atoms with Crippen LogP contribution in [0.4, 0.5) is 14.3 Å². The second kappa shape index (κ2) is 13.3. The lowest BCUT2D eigenvalue weighted by Gasteiger charge is -2.38. The summed E-state index contributed by atoms with van der Waals surface area (Å²) in [6.45, 7) is 2.32. The molecule has 248 valence electrons. The number of amidine groups is 1. The number of aliphatic hydroxyl groups is 2. The molecule has 0 radical (unpaired) electrons. The number of urea groups is 1. The van der Waals surface area contributed by atoms with Gasteiger partial charge in [0.05, 0.1) is 31.0 Å². The van der Waals surface area contributed by atoms with Crippen LogP contribution in [-0.4, -0.2) is 93.7 Å². The number of anilines is 1. The zero-order chi connectivity index (χ0) is 33.5. The van der Waals surface area contributed by atoms with Gasteiger partial charge < -0.3 is 25.2 Å². The predicted octanol–water partition coefficient (Wildman–Crippen LogP) is 4.19. The molecule has 2 aromatic carbocycles. The molecular weight excluding hydrogens is 681 g/mol. The van der Waals surface area contributed by atoms with Crippen LogP contribution in [0, 0.1) is 5.82 Å². The normalized spacial score (nSPS) is 19.9. The number of ether oxygens (including phenoxy) is 1. The summed E-state index contributed by atoms with van der Waals surface area (Å²) in [5.74, 6) is -0.636. The maximum atomic E-state index is 14.0. The van der Waals surface area contributed by atoms with Gasteiger partial charge in [-0.15, -0.1) is 22.7 Å². The predicted molar refractivity (Wildman–Crippen MR) is 179 cm³/mol. The molecule has 12 nitrogen and oxygen atoms in total. The van der Waals surface area contributed by atoms with E-state index in [4.69, 9.17) is 26.3 Å². The zero-order valence-corrected chi connectivity index (χ0v) is 27.8. The molecule has 0 aliphatic carbocycles. The molecule has 2 amide bonds. The molecule has 48 heavy (non-hydrogen) atoms. The molecule has 2 aromatic heterocycles. The molecular formula is C32H29ClFN7O5S2. The van der Waals surface area contributed by atoms with E-state index in [2.05, 4.69) is 15.2 Å². The average Bonchev–Trinajstić information content (AvgIpc) is 3.85. The van der Waals surface area contributed by atoms with Gasteiger partial charge in [0.15, 0.2) is 22.3 Å². The van der Waals surface area contributed by atoms with Crippen LogP contribution >= 0.6 is 34.3 Å². The summed E-state index contributed by atoms with van der Waals surface area (Å²) in [6, 6.07) is 9.66. The van der Waals surface area contributed by atoms with Gasteiger partial charge in [-0.2, -0.15) is 0 Å². The van der Waals surface area contributed by atoms with E-state index in [1.54, 1.807) is 35.4 Å².